The van der Waals surface area contributed by atoms with Crippen LogP contribution in [0.25, 0.3) is 122 Å². The molecule has 3 aromatic heterocycles. The number of hydrogen-bond donors (Lipinski definition) is 0. The summed E-state index contributed by atoms with van der Waals surface area (Å²) in [5.74, 6) is 0.657. The Labute approximate surface area is 369 Å². The van der Waals surface area contributed by atoms with Crippen molar-refractivity contribution < 1.29 is 0 Å². The molecule has 13 aromatic rings. The van der Waals surface area contributed by atoms with Crippen LogP contribution in [0.4, 0.5) is 0 Å². The van der Waals surface area contributed by atoms with E-state index < -0.39 is 0 Å². The molecule has 0 aliphatic rings. The van der Waals surface area contributed by atoms with Crippen molar-refractivity contribution in [3.8, 4) is 56.3 Å². The van der Waals surface area contributed by atoms with Crippen LogP contribution in [0.3, 0.4) is 0 Å². The highest BCUT2D eigenvalue weighted by Gasteiger charge is 2.20. The highest BCUT2D eigenvalue weighted by atomic mass is 15.2. The molecule has 0 atom stereocenters. The van der Waals surface area contributed by atoms with Gasteiger partial charge in [-0.3, -0.25) is 4.57 Å². The van der Waals surface area contributed by atoms with Crippen molar-refractivity contribution >= 4 is 65.3 Å². The van der Waals surface area contributed by atoms with Crippen molar-refractivity contribution in [1.82, 2.24) is 19.1 Å². The Balaban J connectivity index is 0.909. The molecule has 0 saturated heterocycles. The fraction of sp³-hybridized carbons (Fsp3) is 0. The molecule has 0 saturated carbocycles. The molecule has 0 N–H and O–H groups in total. The van der Waals surface area contributed by atoms with E-state index in [9.17, 15) is 0 Å². The van der Waals surface area contributed by atoms with Crippen LogP contribution in [0.1, 0.15) is 0 Å². The molecule has 0 unspecified atom stereocenters. The Morgan fingerprint density at radius 3 is 1.56 bits per heavy atom. The average molecular weight is 815 g/mol. The van der Waals surface area contributed by atoms with E-state index >= 15 is 0 Å². The van der Waals surface area contributed by atoms with Gasteiger partial charge in [-0.25, -0.2) is 9.97 Å². The summed E-state index contributed by atoms with van der Waals surface area (Å²) in [6.07, 6.45) is 0. The maximum absolute atomic E-state index is 5.30. The molecule has 0 fully saturated rings. The summed E-state index contributed by atoms with van der Waals surface area (Å²) < 4.78 is 4.65. The van der Waals surface area contributed by atoms with Gasteiger partial charge in [0.1, 0.15) is 0 Å². The largest absolute Gasteiger partial charge is 0.309 e. The van der Waals surface area contributed by atoms with E-state index in [1.54, 1.807) is 0 Å². The van der Waals surface area contributed by atoms with Gasteiger partial charge >= 0.3 is 0 Å². The predicted octanol–water partition coefficient (Wildman–Crippen LogP) is 15.6. The van der Waals surface area contributed by atoms with Gasteiger partial charge in [0.15, 0.2) is 0 Å². The molecular weight excluding hydrogens is 777 g/mol. The van der Waals surface area contributed by atoms with Gasteiger partial charge in [0.25, 0.3) is 0 Å². The molecular formula is C60H38N4. The highest BCUT2D eigenvalue weighted by Crippen LogP contribution is 2.42. The first kappa shape index (κ1) is 36.1. The van der Waals surface area contributed by atoms with E-state index in [2.05, 4.69) is 228 Å². The standard InChI is InChI=1S/C60H38N4/c1-3-16-41(17-4-1)58-51-26-9-12-27-54(51)61-60(62-58)64-56-29-14-10-23-47(56)49-35-34-43(37-57(49)64)40-32-30-39(31-33-40)42-18-15-19-44(36-42)52-38-53-48-24-11-13-28-55(48)63(45-20-5-2-6-21-45)59(53)50-25-8-7-22-46(50)52/h1-38H. The highest BCUT2D eigenvalue weighted by molar-refractivity contribution is 6.22. The Bertz CT molecular complexity index is 3940. The Morgan fingerprint density at radius 1 is 0.281 bits per heavy atom. The van der Waals surface area contributed by atoms with Gasteiger partial charge in [0.2, 0.25) is 5.95 Å². The van der Waals surface area contributed by atoms with Crippen LogP contribution >= 0.6 is 0 Å². The van der Waals surface area contributed by atoms with Gasteiger partial charge in [0, 0.05) is 43.6 Å². The van der Waals surface area contributed by atoms with E-state index in [4.69, 9.17) is 9.97 Å². The molecule has 0 amide bonds. The number of benzene rings is 10. The minimum absolute atomic E-state index is 0.657. The second kappa shape index (κ2) is 14.5. The summed E-state index contributed by atoms with van der Waals surface area (Å²) in [6.45, 7) is 0. The van der Waals surface area contributed by atoms with E-state index in [0.29, 0.717) is 5.95 Å². The lowest BCUT2D eigenvalue weighted by molar-refractivity contribution is 1.01. The average Bonchev–Trinajstić information content (AvgIpc) is 3.89. The Morgan fingerprint density at radius 2 is 0.812 bits per heavy atom. The monoisotopic (exact) mass is 814 g/mol. The van der Waals surface area contributed by atoms with E-state index in [1.807, 2.05) is 12.1 Å². The van der Waals surface area contributed by atoms with Gasteiger partial charge in [-0.05, 0) is 87.3 Å². The predicted molar refractivity (Wildman–Crippen MR) is 267 cm³/mol. The van der Waals surface area contributed by atoms with Gasteiger partial charge in [-0.15, -0.1) is 0 Å². The molecule has 4 nitrogen and oxygen atoms in total. The lowest BCUT2D eigenvalue weighted by Gasteiger charge is -2.14. The van der Waals surface area contributed by atoms with Crippen molar-refractivity contribution in [3.05, 3.63) is 231 Å². The summed E-state index contributed by atoms with van der Waals surface area (Å²) in [4.78, 5) is 10.5. The number of aromatic nitrogens is 4. The van der Waals surface area contributed by atoms with Crippen molar-refractivity contribution in [2.75, 3.05) is 0 Å². The van der Waals surface area contributed by atoms with Crippen molar-refractivity contribution in [2.24, 2.45) is 0 Å². The third-order valence-electron chi connectivity index (χ3n) is 12.9. The van der Waals surface area contributed by atoms with E-state index in [1.165, 1.54) is 65.6 Å². The zero-order valence-corrected chi connectivity index (χ0v) is 34.7. The quantitative estimate of drug-likeness (QED) is 0.168. The summed E-state index contributed by atoms with van der Waals surface area (Å²) in [7, 11) is 0. The number of para-hydroxylation sites is 4. The maximum Gasteiger partial charge on any atom is 0.235 e. The molecule has 0 bridgehead atoms. The van der Waals surface area contributed by atoms with Crippen LogP contribution in [0, 0.1) is 0 Å². The van der Waals surface area contributed by atoms with E-state index in [-0.39, 0.29) is 0 Å². The van der Waals surface area contributed by atoms with Gasteiger partial charge in [0.05, 0.1) is 33.3 Å². The zero-order valence-electron chi connectivity index (χ0n) is 34.7. The molecule has 3 heterocycles. The molecule has 0 radical (unpaired) electrons. The topological polar surface area (TPSA) is 35.6 Å². The maximum atomic E-state index is 5.30. The molecule has 298 valence electrons. The first-order chi connectivity index (χ1) is 31.7. The number of rotatable bonds is 6. The van der Waals surface area contributed by atoms with Crippen LogP contribution < -0.4 is 0 Å². The van der Waals surface area contributed by atoms with Crippen molar-refractivity contribution in [1.29, 1.82) is 0 Å². The summed E-state index contributed by atoms with van der Waals surface area (Å²) in [6, 6.07) is 82.8. The second-order valence-corrected chi connectivity index (χ2v) is 16.6. The number of fused-ring (bicyclic) bond motifs is 9. The fourth-order valence-electron chi connectivity index (χ4n) is 9.97. The van der Waals surface area contributed by atoms with Gasteiger partial charge in [-0.1, -0.05) is 182 Å². The first-order valence-corrected chi connectivity index (χ1v) is 21.8. The first-order valence-electron chi connectivity index (χ1n) is 21.8. The van der Waals surface area contributed by atoms with Gasteiger partial charge in [-0.2, -0.15) is 0 Å². The summed E-state index contributed by atoms with van der Waals surface area (Å²) in [5.41, 5.74) is 15.7. The smallest absolute Gasteiger partial charge is 0.235 e. The third kappa shape index (κ3) is 5.70. The summed E-state index contributed by atoms with van der Waals surface area (Å²) >= 11 is 0. The molecule has 0 spiro atoms. The summed E-state index contributed by atoms with van der Waals surface area (Å²) in [5, 5.41) is 8.35. The van der Waals surface area contributed by atoms with Crippen LogP contribution in [0.5, 0.6) is 0 Å². The molecule has 4 heteroatoms. The minimum atomic E-state index is 0.657. The van der Waals surface area contributed by atoms with Crippen molar-refractivity contribution in [2.45, 2.75) is 0 Å². The van der Waals surface area contributed by atoms with E-state index in [0.717, 1.165) is 50.0 Å². The van der Waals surface area contributed by atoms with Crippen molar-refractivity contribution in [3.63, 3.8) is 0 Å². The second-order valence-electron chi connectivity index (χ2n) is 16.6. The van der Waals surface area contributed by atoms with Crippen LogP contribution in [-0.4, -0.2) is 19.1 Å². The lowest BCUT2D eigenvalue weighted by Crippen LogP contribution is -2.03. The Kier molecular flexibility index (Phi) is 8.18. The zero-order chi connectivity index (χ0) is 42.1. The van der Waals surface area contributed by atoms with Crippen LogP contribution in [0.2, 0.25) is 0 Å². The lowest BCUT2D eigenvalue weighted by atomic mass is 9.92. The molecule has 10 aromatic carbocycles. The molecule has 0 aliphatic heterocycles. The number of hydrogen-bond acceptors (Lipinski definition) is 2. The minimum Gasteiger partial charge on any atom is -0.309 e. The molecule has 13 rings (SSSR count). The normalized spacial score (nSPS) is 11.8. The van der Waals surface area contributed by atoms with Crippen LogP contribution in [0.15, 0.2) is 231 Å². The number of nitrogens with zero attached hydrogens (tertiary/aromatic N) is 4. The van der Waals surface area contributed by atoms with Crippen LogP contribution in [-0.2, 0) is 0 Å². The fourth-order valence-corrected chi connectivity index (χ4v) is 9.97. The SMILES string of the molecule is c1ccc(-c2nc(-n3c4ccccc4c4ccc(-c5ccc(-c6cccc(-c7cc8c9ccccc9n(-c9ccccc9)c8c8ccccc78)c6)cc5)cc43)nc3ccccc23)cc1. The molecule has 0 aliphatic carbocycles. The molecule has 64 heavy (non-hydrogen) atoms. The van der Waals surface area contributed by atoms with Gasteiger partial charge < -0.3 is 4.57 Å². The third-order valence-corrected chi connectivity index (χ3v) is 12.9. The Hall–Kier alpha value is -8.60.